The van der Waals surface area contributed by atoms with Gasteiger partial charge in [0, 0.05) is 12.1 Å². The molecule has 0 radical (unpaired) electrons. The molecule has 0 amide bonds. The summed E-state index contributed by atoms with van der Waals surface area (Å²) in [5.74, 6) is 1.27. The van der Waals surface area contributed by atoms with E-state index in [-0.39, 0.29) is 5.88 Å². The molecule has 0 bridgehead atoms. The van der Waals surface area contributed by atoms with Gasteiger partial charge in [0.25, 0.3) is 0 Å². The zero-order valence-electron chi connectivity index (χ0n) is 12.3. The van der Waals surface area contributed by atoms with Crippen LogP contribution in [0.2, 0.25) is 0 Å². The summed E-state index contributed by atoms with van der Waals surface area (Å²) >= 11 is 0. The molecule has 0 aromatic carbocycles. The molecule has 6 heteroatoms. The van der Waals surface area contributed by atoms with Crippen molar-refractivity contribution in [1.82, 2.24) is 4.98 Å². The minimum Gasteiger partial charge on any atom is -0.468 e. The number of nitrogens with zero attached hydrogens (tertiary/aromatic N) is 1. The van der Waals surface area contributed by atoms with Crippen LogP contribution in [0.1, 0.15) is 33.1 Å². The molecule has 1 N–H and O–H groups in total. The Bertz CT molecular complexity index is 447. The Morgan fingerprint density at radius 3 is 2.67 bits per heavy atom. The maximum Gasteiger partial charge on any atom is 0.422 e. The Labute approximate surface area is 122 Å². The van der Waals surface area contributed by atoms with Gasteiger partial charge in [-0.2, -0.15) is 13.2 Å². The maximum absolute atomic E-state index is 12.0. The van der Waals surface area contributed by atoms with Gasteiger partial charge < -0.3 is 10.1 Å². The number of alkyl halides is 3. The van der Waals surface area contributed by atoms with Gasteiger partial charge >= 0.3 is 6.18 Å². The summed E-state index contributed by atoms with van der Waals surface area (Å²) in [7, 11) is 0. The fraction of sp³-hybridized carbons (Fsp3) is 0.667. The Balaban J connectivity index is 1.90. The van der Waals surface area contributed by atoms with Crippen molar-refractivity contribution < 1.29 is 17.9 Å². The molecule has 0 spiro atoms. The first-order valence-corrected chi connectivity index (χ1v) is 7.25. The Hall–Kier alpha value is -1.46. The summed E-state index contributed by atoms with van der Waals surface area (Å²) in [4.78, 5) is 3.91. The average molecular weight is 302 g/mol. The number of rotatable bonds is 4. The van der Waals surface area contributed by atoms with E-state index in [1.165, 1.54) is 25.1 Å². The molecular formula is C15H21F3N2O. The lowest BCUT2D eigenvalue weighted by atomic mass is 9.80. The molecule has 1 aliphatic carbocycles. The standard InChI is InChI=1S/C15H21F3N2O/c1-10-3-4-11(2)13(7-10)20-12-5-6-14(19-8-12)21-9-15(16,17)18/h5-6,8,10-11,13,20H,3-4,7,9H2,1-2H3. The Morgan fingerprint density at radius 2 is 2.05 bits per heavy atom. The highest BCUT2D eigenvalue weighted by atomic mass is 19.4. The number of nitrogens with one attached hydrogen (secondary N) is 1. The van der Waals surface area contributed by atoms with Crippen LogP contribution in [0.15, 0.2) is 18.3 Å². The minimum absolute atomic E-state index is 0.0112. The van der Waals surface area contributed by atoms with E-state index in [0.717, 1.165) is 12.1 Å². The van der Waals surface area contributed by atoms with E-state index in [9.17, 15) is 13.2 Å². The quantitative estimate of drug-likeness (QED) is 0.902. The monoisotopic (exact) mass is 302 g/mol. The number of hydrogen-bond acceptors (Lipinski definition) is 3. The van der Waals surface area contributed by atoms with Crippen LogP contribution >= 0.6 is 0 Å². The van der Waals surface area contributed by atoms with Gasteiger partial charge in [-0.25, -0.2) is 4.98 Å². The molecule has 1 aliphatic rings. The van der Waals surface area contributed by atoms with Crippen molar-refractivity contribution in [2.24, 2.45) is 11.8 Å². The number of halogens is 3. The van der Waals surface area contributed by atoms with Crippen LogP contribution < -0.4 is 10.1 Å². The van der Waals surface area contributed by atoms with Crippen molar-refractivity contribution in [3.63, 3.8) is 0 Å². The largest absolute Gasteiger partial charge is 0.468 e. The molecule has 118 valence electrons. The summed E-state index contributed by atoms with van der Waals surface area (Å²) in [5.41, 5.74) is 0.820. The highest BCUT2D eigenvalue weighted by Gasteiger charge is 2.28. The van der Waals surface area contributed by atoms with E-state index in [2.05, 4.69) is 28.9 Å². The lowest BCUT2D eigenvalue weighted by Crippen LogP contribution is -2.33. The molecule has 1 heterocycles. The number of aromatic nitrogens is 1. The second kappa shape index (κ2) is 6.54. The zero-order chi connectivity index (χ0) is 15.5. The molecule has 1 aromatic heterocycles. The third kappa shape index (κ3) is 5.10. The van der Waals surface area contributed by atoms with Crippen molar-refractivity contribution >= 4 is 5.69 Å². The molecular weight excluding hydrogens is 281 g/mol. The molecule has 3 unspecified atom stereocenters. The van der Waals surface area contributed by atoms with E-state index in [0.29, 0.717) is 17.9 Å². The lowest BCUT2D eigenvalue weighted by molar-refractivity contribution is -0.154. The normalized spacial score (nSPS) is 26.4. The molecule has 21 heavy (non-hydrogen) atoms. The third-order valence-electron chi connectivity index (χ3n) is 3.93. The Kier molecular flexibility index (Phi) is 4.96. The summed E-state index contributed by atoms with van der Waals surface area (Å²) in [5, 5.41) is 3.42. The molecule has 2 rings (SSSR count). The fourth-order valence-corrected chi connectivity index (χ4v) is 2.65. The smallest absolute Gasteiger partial charge is 0.422 e. The molecule has 3 atom stereocenters. The lowest BCUT2D eigenvalue weighted by Gasteiger charge is -2.33. The van der Waals surface area contributed by atoms with Crippen molar-refractivity contribution in [1.29, 1.82) is 0 Å². The summed E-state index contributed by atoms with van der Waals surface area (Å²) in [6.45, 7) is 3.15. The van der Waals surface area contributed by atoms with Gasteiger partial charge in [0.1, 0.15) is 0 Å². The number of ether oxygens (including phenoxy) is 1. The van der Waals surface area contributed by atoms with Crippen LogP contribution in [-0.2, 0) is 0 Å². The van der Waals surface area contributed by atoms with Crippen molar-refractivity contribution in [2.45, 2.75) is 45.3 Å². The van der Waals surface area contributed by atoms with Gasteiger partial charge in [0.15, 0.2) is 6.61 Å². The van der Waals surface area contributed by atoms with Gasteiger partial charge in [-0.05, 0) is 30.7 Å². The molecule has 0 aliphatic heterocycles. The van der Waals surface area contributed by atoms with Crippen LogP contribution in [0.5, 0.6) is 5.88 Å². The number of hydrogen-bond donors (Lipinski definition) is 1. The zero-order valence-corrected chi connectivity index (χ0v) is 12.3. The van der Waals surface area contributed by atoms with Crippen LogP contribution in [0.3, 0.4) is 0 Å². The van der Waals surface area contributed by atoms with Gasteiger partial charge in [-0.3, -0.25) is 0 Å². The van der Waals surface area contributed by atoms with Crippen LogP contribution in [0.4, 0.5) is 18.9 Å². The van der Waals surface area contributed by atoms with E-state index in [4.69, 9.17) is 0 Å². The Morgan fingerprint density at radius 1 is 1.29 bits per heavy atom. The van der Waals surface area contributed by atoms with Crippen molar-refractivity contribution in [3.05, 3.63) is 18.3 Å². The third-order valence-corrected chi connectivity index (χ3v) is 3.93. The highest BCUT2D eigenvalue weighted by Crippen LogP contribution is 2.30. The van der Waals surface area contributed by atoms with E-state index in [1.54, 1.807) is 6.07 Å². The van der Waals surface area contributed by atoms with Gasteiger partial charge in [0.2, 0.25) is 5.88 Å². The van der Waals surface area contributed by atoms with E-state index >= 15 is 0 Å². The van der Waals surface area contributed by atoms with Crippen LogP contribution in [-0.4, -0.2) is 23.8 Å². The average Bonchev–Trinajstić information content (AvgIpc) is 2.41. The first-order valence-electron chi connectivity index (χ1n) is 7.25. The van der Waals surface area contributed by atoms with Gasteiger partial charge in [-0.15, -0.1) is 0 Å². The number of anilines is 1. The molecule has 1 fully saturated rings. The predicted octanol–water partition coefficient (Wildman–Crippen LogP) is 4.26. The SMILES string of the molecule is CC1CCC(C)C(Nc2ccc(OCC(F)(F)F)nc2)C1. The molecule has 0 saturated heterocycles. The van der Waals surface area contributed by atoms with Gasteiger partial charge in [-0.1, -0.05) is 20.3 Å². The second-order valence-electron chi connectivity index (χ2n) is 5.94. The van der Waals surface area contributed by atoms with Crippen LogP contribution in [0, 0.1) is 11.8 Å². The summed E-state index contributed by atoms with van der Waals surface area (Å²) in [6, 6.07) is 3.56. The highest BCUT2D eigenvalue weighted by molar-refractivity contribution is 5.43. The fourth-order valence-electron chi connectivity index (χ4n) is 2.65. The summed E-state index contributed by atoms with van der Waals surface area (Å²) in [6.07, 6.45) is 0.734. The van der Waals surface area contributed by atoms with E-state index in [1.807, 2.05) is 0 Å². The first-order chi connectivity index (χ1) is 9.83. The van der Waals surface area contributed by atoms with Crippen molar-refractivity contribution in [3.8, 4) is 5.88 Å². The molecule has 1 saturated carbocycles. The van der Waals surface area contributed by atoms with Crippen molar-refractivity contribution in [2.75, 3.05) is 11.9 Å². The van der Waals surface area contributed by atoms with Gasteiger partial charge in [0.05, 0.1) is 11.9 Å². The molecule has 1 aromatic rings. The predicted molar refractivity (Wildman–Crippen MR) is 75.4 cm³/mol. The van der Waals surface area contributed by atoms with Crippen LogP contribution in [0.25, 0.3) is 0 Å². The summed E-state index contributed by atoms with van der Waals surface area (Å²) < 4.78 is 40.7. The minimum atomic E-state index is -4.34. The number of pyridine rings is 1. The first kappa shape index (κ1) is 15.9. The topological polar surface area (TPSA) is 34.1 Å². The van der Waals surface area contributed by atoms with E-state index < -0.39 is 12.8 Å². The maximum atomic E-state index is 12.0. The molecule has 3 nitrogen and oxygen atoms in total. The second-order valence-corrected chi connectivity index (χ2v) is 5.94.